The molecule has 0 aromatic heterocycles. The van der Waals surface area contributed by atoms with Gasteiger partial charge in [0.25, 0.3) is 5.91 Å². The molecule has 0 fully saturated rings. The zero-order valence-corrected chi connectivity index (χ0v) is 16.0. The van der Waals surface area contributed by atoms with Gasteiger partial charge in [-0.2, -0.15) is 5.10 Å². The fourth-order valence-corrected chi connectivity index (χ4v) is 2.52. The smallest absolute Gasteiger partial charge is 0.271 e. The Labute approximate surface area is 154 Å². The van der Waals surface area contributed by atoms with Crippen LogP contribution in [0, 0.1) is 6.92 Å². The molecule has 1 N–H and O–H groups in total. The first kappa shape index (κ1) is 18.8. The van der Waals surface area contributed by atoms with Crippen molar-refractivity contribution in [3.8, 4) is 17.2 Å². The lowest BCUT2D eigenvalue weighted by Gasteiger charge is -2.12. The van der Waals surface area contributed by atoms with E-state index in [2.05, 4.69) is 26.5 Å². The third kappa shape index (κ3) is 4.51. The third-order valence-corrected chi connectivity index (χ3v) is 4.36. The Hall–Kier alpha value is -2.54. The fraction of sp³-hybridized carbons (Fsp3) is 0.222. The summed E-state index contributed by atoms with van der Waals surface area (Å²) in [7, 11) is 4.61. The number of carbonyl (C=O) groups is 1. The van der Waals surface area contributed by atoms with Gasteiger partial charge < -0.3 is 14.2 Å². The second-order valence-corrected chi connectivity index (χ2v) is 5.98. The van der Waals surface area contributed by atoms with Crippen molar-refractivity contribution in [2.24, 2.45) is 5.10 Å². The fourth-order valence-electron chi connectivity index (χ4n) is 2.14. The monoisotopic (exact) mass is 406 g/mol. The number of hydrogen-bond acceptors (Lipinski definition) is 5. The van der Waals surface area contributed by atoms with Crippen molar-refractivity contribution in [3.05, 3.63) is 51.5 Å². The summed E-state index contributed by atoms with van der Waals surface area (Å²) in [6, 6.07) is 8.82. The Morgan fingerprint density at radius 1 is 1.08 bits per heavy atom. The van der Waals surface area contributed by atoms with E-state index < -0.39 is 0 Å². The van der Waals surface area contributed by atoms with Gasteiger partial charge in [0, 0.05) is 15.6 Å². The maximum absolute atomic E-state index is 12.1. The number of aryl methyl sites for hydroxylation is 1. The number of rotatable bonds is 6. The van der Waals surface area contributed by atoms with Crippen LogP contribution >= 0.6 is 15.9 Å². The van der Waals surface area contributed by atoms with Crippen molar-refractivity contribution in [2.45, 2.75) is 6.92 Å². The number of hydrogen-bond donors (Lipinski definition) is 1. The number of amides is 1. The molecule has 132 valence electrons. The van der Waals surface area contributed by atoms with Crippen molar-refractivity contribution in [1.29, 1.82) is 0 Å². The van der Waals surface area contributed by atoms with E-state index in [4.69, 9.17) is 14.2 Å². The quantitative estimate of drug-likeness (QED) is 0.588. The van der Waals surface area contributed by atoms with E-state index in [0.717, 1.165) is 10.0 Å². The van der Waals surface area contributed by atoms with E-state index in [1.807, 2.05) is 13.0 Å². The molecule has 2 aromatic rings. The van der Waals surface area contributed by atoms with Gasteiger partial charge in [0.1, 0.15) is 0 Å². The standard InChI is InChI=1S/C18H19BrN2O4/c1-11-5-6-13(9-14(11)19)18(22)21-20-10-12-7-15(23-2)17(25-4)16(8-12)24-3/h5-10H,1-4H3,(H,21,22). The summed E-state index contributed by atoms with van der Waals surface area (Å²) in [5, 5.41) is 3.98. The van der Waals surface area contributed by atoms with Crippen molar-refractivity contribution >= 4 is 28.1 Å². The molecule has 0 radical (unpaired) electrons. The summed E-state index contributed by atoms with van der Waals surface area (Å²) < 4.78 is 16.7. The van der Waals surface area contributed by atoms with Crippen molar-refractivity contribution < 1.29 is 19.0 Å². The van der Waals surface area contributed by atoms with Gasteiger partial charge in [0.05, 0.1) is 27.5 Å². The summed E-state index contributed by atoms with van der Waals surface area (Å²) in [5.74, 6) is 1.22. The van der Waals surface area contributed by atoms with E-state index >= 15 is 0 Å². The Bertz CT molecular complexity index is 781. The van der Waals surface area contributed by atoms with Gasteiger partial charge in [-0.05, 0) is 36.8 Å². The van der Waals surface area contributed by atoms with Crippen LogP contribution in [0.5, 0.6) is 17.2 Å². The predicted molar refractivity (Wildman–Crippen MR) is 100 cm³/mol. The molecule has 0 saturated carbocycles. The second-order valence-electron chi connectivity index (χ2n) is 5.12. The minimum atomic E-state index is -0.301. The van der Waals surface area contributed by atoms with Gasteiger partial charge in [-0.25, -0.2) is 5.43 Å². The molecule has 0 aliphatic carbocycles. The minimum absolute atomic E-state index is 0.301. The highest BCUT2D eigenvalue weighted by atomic mass is 79.9. The van der Waals surface area contributed by atoms with Crippen LogP contribution in [0.3, 0.4) is 0 Å². The van der Waals surface area contributed by atoms with Crippen LogP contribution in [-0.4, -0.2) is 33.5 Å². The summed E-state index contributed by atoms with van der Waals surface area (Å²) in [6.45, 7) is 1.95. The number of ether oxygens (including phenoxy) is 3. The zero-order valence-electron chi connectivity index (χ0n) is 14.4. The number of halogens is 1. The largest absolute Gasteiger partial charge is 0.493 e. The van der Waals surface area contributed by atoms with Gasteiger partial charge in [0.15, 0.2) is 11.5 Å². The summed E-state index contributed by atoms with van der Waals surface area (Å²) >= 11 is 3.41. The highest BCUT2D eigenvalue weighted by Crippen LogP contribution is 2.37. The Balaban J connectivity index is 2.16. The summed E-state index contributed by atoms with van der Waals surface area (Å²) in [6.07, 6.45) is 1.51. The summed E-state index contributed by atoms with van der Waals surface area (Å²) in [4.78, 5) is 12.1. The van der Waals surface area contributed by atoms with Crippen LogP contribution in [0.2, 0.25) is 0 Å². The van der Waals surface area contributed by atoms with Crippen LogP contribution in [0.15, 0.2) is 39.9 Å². The first-order valence-electron chi connectivity index (χ1n) is 7.39. The number of benzene rings is 2. The van der Waals surface area contributed by atoms with Crippen LogP contribution in [0.25, 0.3) is 0 Å². The second kappa shape index (κ2) is 8.53. The molecule has 6 nitrogen and oxygen atoms in total. The van der Waals surface area contributed by atoms with Crippen molar-refractivity contribution in [3.63, 3.8) is 0 Å². The molecule has 1 amide bonds. The average molecular weight is 407 g/mol. The Kier molecular flexibility index (Phi) is 6.41. The lowest BCUT2D eigenvalue weighted by molar-refractivity contribution is 0.0955. The predicted octanol–water partition coefficient (Wildman–Crippen LogP) is 3.55. The van der Waals surface area contributed by atoms with Crippen molar-refractivity contribution in [1.82, 2.24) is 5.43 Å². The Morgan fingerprint density at radius 3 is 2.24 bits per heavy atom. The number of methoxy groups -OCH3 is 3. The molecule has 0 bridgehead atoms. The third-order valence-electron chi connectivity index (χ3n) is 3.50. The van der Waals surface area contributed by atoms with E-state index in [1.165, 1.54) is 27.5 Å². The molecule has 0 aliphatic rings. The van der Waals surface area contributed by atoms with Gasteiger partial charge in [-0.15, -0.1) is 0 Å². The van der Waals surface area contributed by atoms with E-state index in [1.54, 1.807) is 24.3 Å². The molecule has 0 heterocycles. The SMILES string of the molecule is COc1cc(C=NNC(=O)c2ccc(C)c(Br)c2)cc(OC)c1OC. The van der Waals surface area contributed by atoms with Crippen LogP contribution < -0.4 is 19.6 Å². The molecule has 25 heavy (non-hydrogen) atoms. The average Bonchev–Trinajstić information content (AvgIpc) is 2.62. The molecular weight excluding hydrogens is 388 g/mol. The maximum atomic E-state index is 12.1. The van der Waals surface area contributed by atoms with Crippen LogP contribution in [0.4, 0.5) is 0 Å². The molecule has 0 spiro atoms. The molecular formula is C18H19BrN2O4. The van der Waals surface area contributed by atoms with Crippen molar-refractivity contribution in [2.75, 3.05) is 21.3 Å². The van der Waals surface area contributed by atoms with E-state index in [9.17, 15) is 4.79 Å². The summed E-state index contributed by atoms with van der Waals surface area (Å²) in [5.41, 5.74) is 4.76. The molecule has 0 atom stereocenters. The van der Waals surface area contributed by atoms with Crippen LogP contribution in [0.1, 0.15) is 21.5 Å². The number of nitrogens with zero attached hydrogens (tertiary/aromatic N) is 1. The van der Waals surface area contributed by atoms with Gasteiger partial charge in [0.2, 0.25) is 5.75 Å². The molecule has 2 aromatic carbocycles. The van der Waals surface area contributed by atoms with Crippen LogP contribution in [-0.2, 0) is 0 Å². The minimum Gasteiger partial charge on any atom is -0.493 e. The van der Waals surface area contributed by atoms with Gasteiger partial charge in [-0.3, -0.25) is 4.79 Å². The first-order chi connectivity index (χ1) is 12.0. The van der Waals surface area contributed by atoms with E-state index in [-0.39, 0.29) is 5.91 Å². The topological polar surface area (TPSA) is 69.2 Å². The highest BCUT2D eigenvalue weighted by Gasteiger charge is 2.12. The number of nitrogens with one attached hydrogen (secondary N) is 1. The van der Waals surface area contributed by atoms with Gasteiger partial charge in [-0.1, -0.05) is 22.0 Å². The molecule has 7 heteroatoms. The first-order valence-corrected chi connectivity index (χ1v) is 8.19. The molecule has 0 aliphatic heterocycles. The maximum Gasteiger partial charge on any atom is 0.271 e. The molecule has 2 rings (SSSR count). The molecule has 0 unspecified atom stereocenters. The lowest BCUT2D eigenvalue weighted by Crippen LogP contribution is -2.17. The highest BCUT2D eigenvalue weighted by molar-refractivity contribution is 9.10. The Morgan fingerprint density at radius 2 is 1.72 bits per heavy atom. The van der Waals surface area contributed by atoms with Gasteiger partial charge >= 0.3 is 0 Å². The number of carbonyl (C=O) groups excluding carboxylic acids is 1. The van der Waals surface area contributed by atoms with E-state index in [0.29, 0.717) is 28.4 Å². The molecule has 0 saturated heterocycles. The lowest BCUT2D eigenvalue weighted by atomic mass is 10.1. The number of hydrazone groups is 1. The normalized spacial score (nSPS) is 10.6. The zero-order chi connectivity index (χ0) is 18.4.